The van der Waals surface area contributed by atoms with E-state index in [1.807, 2.05) is 12.1 Å². The number of carbonyl (C=O) groups is 1. The Labute approximate surface area is 102 Å². The smallest absolute Gasteiger partial charge is 0.177 e. The van der Waals surface area contributed by atoms with Crippen LogP contribution >= 0.6 is 0 Å². The molecule has 0 unspecified atom stereocenters. The number of hydrogen-bond acceptors (Lipinski definition) is 4. The molecule has 1 aromatic carbocycles. The lowest BCUT2D eigenvalue weighted by Crippen LogP contribution is -2.42. The first kappa shape index (κ1) is 11.9. The summed E-state index contributed by atoms with van der Waals surface area (Å²) >= 11 is 0. The quantitative estimate of drug-likeness (QED) is 0.782. The summed E-state index contributed by atoms with van der Waals surface area (Å²) in [6.07, 6.45) is 0. The number of likely N-dealkylation sites (N-methyl/N-ethyl adjacent to an activating group) is 1. The number of nitrogens with zero attached hydrogens (tertiary/aromatic N) is 2. The minimum atomic E-state index is 0.117. The molecule has 0 saturated heterocycles. The standard InChI is InChI=1S/C13H18N2O2/c1-14-7-8-15(9-11(16)10-17-2)13-6-4-3-5-12(13)14/h3-6H,7-10H2,1-2H3. The van der Waals surface area contributed by atoms with Crippen molar-refractivity contribution < 1.29 is 9.53 Å². The Kier molecular flexibility index (Phi) is 3.64. The number of Topliss-reactive ketones (excluding diaryl/α,β-unsaturated/α-hetero) is 1. The van der Waals surface area contributed by atoms with Crippen LogP contribution in [0.5, 0.6) is 0 Å². The third-order valence-electron chi connectivity index (χ3n) is 3.01. The van der Waals surface area contributed by atoms with E-state index in [-0.39, 0.29) is 12.4 Å². The number of para-hydroxylation sites is 2. The number of ketones is 1. The van der Waals surface area contributed by atoms with E-state index in [1.54, 1.807) is 7.11 Å². The molecule has 0 atom stereocenters. The maximum atomic E-state index is 11.6. The molecule has 92 valence electrons. The van der Waals surface area contributed by atoms with Crippen LogP contribution in [0.1, 0.15) is 0 Å². The van der Waals surface area contributed by atoms with Crippen LogP contribution in [0.15, 0.2) is 24.3 Å². The van der Waals surface area contributed by atoms with Crippen LogP contribution in [0, 0.1) is 0 Å². The van der Waals surface area contributed by atoms with Crippen molar-refractivity contribution in [3.63, 3.8) is 0 Å². The fraction of sp³-hybridized carbons (Fsp3) is 0.462. The van der Waals surface area contributed by atoms with Crippen molar-refractivity contribution in [1.29, 1.82) is 0 Å². The summed E-state index contributed by atoms with van der Waals surface area (Å²) in [6, 6.07) is 8.18. The second-order valence-electron chi connectivity index (χ2n) is 4.30. The molecule has 1 aliphatic heterocycles. The third-order valence-corrected chi connectivity index (χ3v) is 3.01. The van der Waals surface area contributed by atoms with Gasteiger partial charge in [-0.3, -0.25) is 4.79 Å². The Balaban J connectivity index is 2.16. The van der Waals surface area contributed by atoms with E-state index in [1.165, 1.54) is 5.69 Å². The van der Waals surface area contributed by atoms with Crippen molar-refractivity contribution in [1.82, 2.24) is 0 Å². The molecule has 4 heteroatoms. The molecular weight excluding hydrogens is 216 g/mol. The molecule has 0 amide bonds. The molecule has 0 spiro atoms. The number of rotatable bonds is 4. The number of fused-ring (bicyclic) bond motifs is 1. The molecule has 0 aromatic heterocycles. The predicted octanol–water partition coefficient (Wildman–Crippen LogP) is 1.16. The molecule has 0 saturated carbocycles. The SMILES string of the molecule is COCC(=O)CN1CCN(C)c2ccccc21. The van der Waals surface area contributed by atoms with E-state index in [2.05, 4.69) is 29.0 Å². The molecule has 17 heavy (non-hydrogen) atoms. The number of anilines is 2. The van der Waals surface area contributed by atoms with Gasteiger partial charge in [0, 0.05) is 27.2 Å². The largest absolute Gasteiger partial charge is 0.377 e. The summed E-state index contributed by atoms with van der Waals surface area (Å²) in [7, 11) is 3.63. The highest BCUT2D eigenvalue weighted by Gasteiger charge is 2.21. The first-order valence-corrected chi connectivity index (χ1v) is 5.78. The highest BCUT2D eigenvalue weighted by Crippen LogP contribution is 2.31. The molecule has 1 heterocycles. The Morgan fingerprint density at radius 2 is 2.00 bits per heavy atom. The Morgan fingerprint density at radius 1 is 1.29 bits per heavy atom. The summed E-state index contributed by atoms with van der Waals surface area (Å²) in [5, 5.41) is 0. The lowest BCUT2D eigenvalue weighted by Gasteiger charge is -2.36. The monoisotopic (exact) mass is 234 g/mol. The molecule has 0 bridgehead atoms. The number of hydrogen-bond donors (Lipinski definition) is 0. The predicted molar refractivity (Wildman–Crippen MR) is 68.8 cm³/mol. The number of benzene rings is 1. The van der Waals surface area contributed by atoms with Gasteiger partial charge in [-0.05, 0) is 12.1 Å². The van der Waals surface area contributed by atoms with Crippen molar-refractivity contribution in [2.75, 3.05) is 50.2 Å². The normalized spacial score (nSPS) is 14.7. The lowest BCUT2D eigenvalue weighted by molar-refractivity contribution is -0.121. The van der Waals surface area contributed by atoms with E-state index in [4.69, 9.17) is 4.74 Å². The second-order valence-corrected chi connectivity index (χ2v) is 4.30. The second kappa shape index (κ2) is 5.19. The van der Waals surface area contributed by atoms with Gasteiger partial charge in [-0.25, -0.2) is 0 Å². The Hall–Kier alpha value is -1.55. The molecular formula is C13H18N2O2. The average molecular weight is 234 g/mol. The number of carbonyl (C=O) groups excluding carboxylic acids is 1. The molecule has 4 nitrogen and oxygen atoms in total. The fourth-order valence-electron chi connectivity index (χ4n) is 2.15. The average Bonchev–Trinajstić information content (AvgIpc) is 2.34. The topological polar surface area (TPSA) is 32.8 Å². The van der Waals surface area contributed by atoms with Crippen molar-refractivity contribution in [2.24, 2.45) is 0 Å². The Morgan fingerprint density at radius 3 is 2.71 bits per heavy atom. The van der Waals surface area contributed by atoms with E-state index in [0.29, 0.717) is 6.54 Å². The van der Waals surface area contributed by atoms with Gasteiger partial charge in [0.25, 0.3) is 0 Å². The van der Waals surface area contributed by atoms with E-state index >= 15 is 0 Å². The van der Waals surface area contributed by atoms with Crippen molar-refractivity contribution in [3.8, 4) is 0 Å². The highest BCUT2D eigenvalue weighted by atomic mass is 16.5. The van der Waals surface area contributed by atoms with Gasteiger partial charge >= 0.3 is 0 Å². The van der Waals surface area contributed by atoms with Crippen molar-refractivity contribution in [2.45, 2.75) is 0 Å². The minimum absolute atomic E-state index is 0.117. The van der Waals surface area contributed by atoms with Crippen LogP contribution in [0.3, 0.4) is 0 Å². The Bertz CT molecular complexity index is 406. The van der Waals surface area contributed by atoms with Gasteiger partial charge in [0.1, 0.15) is 6.61 Å². The van der Waals surface area contributed by atoms with Crippen LogP contribution in [0.2, 0.25) is 0 Å². The van der Waals surface area contributed by atoms with Crippen LogP contribution in [0.25, 0.3) is 0 Å². The lowest BCUT2D eigenvalue weighted by atomic mass is 10.1. The number of methoxy groups -OCH3 is 1. The van der Waals surface area contributed by atoms with Gasteiger partial charge in [0.15, 0.2) is 5.78 Å². The number of ether oxygens (including phenoxy) is 1. The van der Waals surface area contributed by atoms with Crippen molar-refractivity contribution in [3.05, 3.63) is 24.3 Å². The molecule has 0 N–H and O–H groups in total. The van der Waals surface area contributed by atoms with Gasteiger partial charge in [0.2, 0.25) is 0 Å². The summed E-state index contributed by atoms with van der Waals surface area (Å²) < 4.78 is 4.87. The highest BCUT2D eigenvalue weighted by molar-refractivity contribution is 5.86. The van der Waals surface area contributed by atoms with Crippen LogP contribution in [-0.2, 0) is 9.53 Å². The minimum Gasteiger partial charge on any atom is -0.377 e. The molecule has 1 aromatic rings. The zero-order chi connectivity index (χ0) is 12.3. The molecule has 0 radical (unpaired) electrons. The maximum Gasteiger partial charge on any atom is 0.177 e. The first-order valence-electron chi connectivity index (χ1n) is 5.78. The van der Waals surface area contributed by atoms with Gasteiger partial charge in [-0.2, -0.15) is 0 Å². The van der Waals surface area contributed by atoms with Gasteiger partial charge in [-0.1, -0.05) is 12.1 Å². The van der Waals surface area contributed by atoms with Gasteiger partial charge in [0.05, 0.1) is 17.9 Å². The molecule has 1 aliphatic rings. The summed E-state index contributed by atoms with van der Waals surface area (Å²) in [5.41, 5.74) is 2.31. The van der Waals surface area contributed by atoms with Crippen LogP contribution in [-0.4, -0.2) is 46.2 Å². The maximum absolute atomic E-state index is 11.6. The van der Waals surface area contributed by atoms with Crippen LogP contribution in [0.4, 0.5) is 11.4 Å². The molecule has 2 rings (SSSR count). The fourth-order valence-corrected chi connectivity index (χ4v) is 2.15. The zero-order valence-electron chi connectivity index (χ0n) is 10.3. The van der Waals surface area contributed by atoms with E-state index < -0.39 is 0 Å². The summed E-state index contributed by atoms with van der Waals surface area (Å²) in [6.45, 7) is 2.44. The van der Waals surface area contributed by atoms with E-state index in [0.717, 1.165) is 18.8 Å². The molecule has 0 fully saturated rings. The first-order chi connectivity index (χ1) is 8.22. The van der Waals surface area contributed by atoms with Crippen LogP contribution < -0.4 is 9.80 Å². The third kappa shape index (κ3) is 2.58. The summed E-state index contributed by atoms with van der Waals surface area (Å²) in [5.74, 6) is 0.117. The van der Waals surface area contributed by atoms with E-state index in [9.17, 15) is 4.79 Å². The van der Waals surface area contributed by atoms with Gasteiger partial charge in [-0.15, -0.1) is 0 Å². The summed E-state index contributed by atoms with van der Waals surface area (Å²) in [4.78, 5) is 16.0. The van der Waals surface area contributed by atoms with Crippen molar-refractivity contribution >= 4 is 17.2 Å². The van der Waals surface area contributed by atoms with Gasteiger partial charge < -0.3 is 14.5 Å². The molecule has 0 aliphatic carbocycles. The zero-order valence-corrected chi connectivity index (χ0v) is 10.3.